The zero-order chi connectivity index (χ0) is 25.4. The number of nitrogens with one attached hydrogen (secondary N) is 2. The number of ketones is 1. The first-order chi connectivity index (χ1) is 16.0. The molecule has 0 bridgehead atoms. The molecule has 0 heterocycles. The summed E-state index contributed by atoms with van der Waals surface area (Å²) < 4.78 is 55.0. The molecular weight excluding hydrogens is 461 g/mol. The molecule has 2 rings (SSSR count). The predicted octanol–water partition coefficient (Wildman–Crippen LogP) is 2.38. The summed E-state index contributed by atoms with van der Waals surface area (Å²) in [6.45, 7) is 1.38. The highest BCUT2D eigenvalue weighted by atomic mass is 19.2. The molecule has 0 radical (unpaired) electrons. The summed E-state index contributed by atoms with van der Waals surface area (Å²) in [5, 5.41) is 4.13. The van der Waals surface area contributed by atoms with Crippen LogP contribution in [-0.4, -0.2) is 49.9 Å². The highest BCUT2D eigenvalue weighted by molar-refractivity contribution is 5.95. The third kappa shape index (κ3) is 6.95. The summed E-state index contributed by atoms with van der Waals surface area (Å²) in [6, 6.07) is 5.81. The highest BCUT2D eigenvalue weighted by Crippen LogP contribution is 2.28. The van der Waals surface area contributed by atoms with Gasteiger partial charge >= 0.3 is 5.97 Å². The lowest BCUT2D eigenvalue weighted by atomic mass is 10.1. The van der Waals surface area contributed by atoms with Gasteiger partial charge in [-0.3, -0.25) is 14.4 Å². The maximum Gasteiger partial charge on any atom is 0.344 e. The number of rotatable bonds is 10. The number of amides is 2. The second-order valence-electron chi connectivity index (χ2n) is 6.83. The van der Waals surface area contributed by atoms with Gasteiger partial charge in [-0.05, 0) is 44.2 Å². The summed E-state index contributed by atoms with van der Waals surface area (Å²) in [4.78, 5) is 47.3. The molecule has 182 valence electrons. The van der Waals surface area contributed by atoms with Crippen molar-refractivity contribution in [1.82, 2.24) is 5.32 Å². The molecule has 0 fully saturated rings. The molecule has 2 amide bonds. The lowest BCUT2D eigenvalue weighted by Crippen LogP contribution is -2.40. The van der Waals surface area contributed by atoms with Gasteiger partial charge < -0.3 is 24.8 Å². The quantitative estimate of drug-likeness (QED) is 0.303. The Bertz CT molecular complexity index is 1110. The molecule has 2 N–H and O–H groups in total. The largest absolute Gasteiger partial charge is 0.493 e. The first-order valence-electron chi connectivity index (χ1n) is 9.75. The van der Waals surface area contributed by atoms with E-state index in [1.165, 1.54) is 39.2 Å². The van der Waals surface area contributed by atoms with Gasteiger partial charge in [0.25, 0.3) is 5.91 Å². The number of esters is 1. The van der Waals surface area contributed by atoms with E-state index < -0.39 is 60.2 Å². The van der Waals surface area contributed by atoms with Crippen LogP contribution in [0, 0.1) is 17.5 Å². The van der Waals surface area contributed by atoms with Crippen LogP contribution in [-0.2, 0) is 19.1 Å². The minimum absolute atomic E-state index is 0.169. The monoisotopic (exact) mass is 482 g/mol. The molecule has 0 saturated heterocycles. The fraction of sp³-hybridized carbons (Fsp3) is 0.273. The number of anilines is 1. The number of ether oxygens (including phenoxy) is 3. The topological polar surface area (TPSA) is 120 Å². The first kappa shape index (κ1) is 26.2. The second kappa shape index (κ2) is 11.7. The Labute approximate surface area is 192 Å². The van der Waals surface area contributed by atoms with Crippen LogP contribution in [0.3, 0.4) is 0 Å². The molecule has 34 heavy (non-hydrogen) atoms. The Morgan fingerprint density at radius 3 is 2.35 bits per heavy atom. The number of benzene rings is 2. The van der Waals surface area contributed by atoms with Gasteiger partial charge in [0.15, 0.2) is 47.4 Å². The number of carbonyl (C=O) groups is 4. The number of Topliss-reactive ketones (excluding diaryl/α,β-unsaturated/α-hetero) is 1. The smallest absolute Gasteiger partial charge is 0.344 e. The average Bonchev–Trinajstić information content (AvgIpc) is 2.81. The third-order valence-corrected chi connectivity index (χ3v) is 4.33. The molecular formula is C22H21F3N2O7. The van der Waals surface area contributed by atoms with E-state index in [9.17, 15) is 32.3 Å². The highest BCUT2D eigenvalue weighted by Gasteiger charge is 2.20. The van der Waals surface area contributed by atoms with Crippen molar-refractivity contribution in [1.29, 1.82) is 0 Å². The van der Waals surface area contributed by atoms with E-state index in [1.54, 1.807) is 0 Å². The van der Waals surface area contributed by atoms with Crippen molar-refractivity contribution in [3.63, 3.8) is 0 Å². The van der Waals surface area contributed by atoms with Gasteiger partial charge in [0.2, 0.25) is 5.91 Å². The van der Waals surface area contributed by atoms with Gasteiger partial charge in [0, 0.05) is 5.56 Å². The number of carbonyl (C=O) groups excluding carboxylic acids is 4. The van der Waals surface area contributed by atoms with Crippen LogP contribution in [0.2, 0.25) is 0 Å². The van der Waals surface area contributed by atoms with Crippen LogP contribution in [0.5, 0.6) is 11.5 Å². The zero-order valence-electron chi connectivity index (χ0n) is 18.4. The first-order valence-corrected chi connectivity index (χ1v) is 9.75. The van der Waals surface area contributed by atoms with Gasteiger partial charge in [0.05, 0.1) is 19.3 Å². The van der Waals surface area contributed by atoms with Crippen LogP contribution < -0.4 is 20.1 Å². The van der Waals surface area contributed by atoms with E-state index in [2.05, 4.69) is 5.32 Å². The zero-order valence-corrected chi connectivity index (χ0v) is 18.4. The van der Waals surface area contributed by atoms with E-state index in [0.717, 1.165) is 6.07 Å². The SMILES string of the molecule is COc1cc(C(C)=O)ccc1OCC(=O)OC(C)C(=O)NCC(=O)Nc1ccc(F)c(F)c1F. The van der Waals surface area contributed by atoms with Crippen molar-refractivity contribution >= 4 is 29.3 Å². The molecule has 2 aromatic rings. The van der Waals surface area contributed by atoms with Crippen LogP contribution in [0.1, 0.15) is 24.2 Å². The van der Waals surface area contributed by atoms with E-state index in [-0.39, 0.29) is 17.3 Å². The number of halogens is 3. The molecule has 9 nitrogen and oxygen atoms in total. The van der Waals surface area contributed by atoms with Gasteiger partial charge in [0.1, 0.15) is 0 Å². The second-order valence-corrected chi connectivity index (χ2v) is 6.83. The summed E-state index contributed by atoms with van der Waals surface area (Å²) in [7, 11) is 1.36. The molecule has 12 heteroatoms. The molecule has 1 unspecified atom stereocenters. The van der Waals surface area contributed by atoms with Crippen molar-refractivity contribution in [3.05, 3.63) is 53.3 Å². The summed E-state index contributed by atoms with van der Waals surface area (Å²) in [6.07, 6.45) is -1.31. The normalized spacial score (nSPS) is 11.2. The minimum Gasteiger partial charge on any atom is -0.493 e. The van der Waals surface area contributed by atoms with Crippen LogP contribution in [0.4, 0.5) is 18.9 Å². The van der Waals surface area contributed by atoms with Gasteiger partial charge in [-0.2, -0.15) is 0 Å². The number of hydrogen-bond donors (Lipinski definition) is 2. The summed E-state index contributed by atoms with van der Waals surface area (Å²) in [5.74, 6) is -7.25. The molecule has 0 saturated carbocycles. The minimum atomic E-state index is -1.75. The maximum atomic E-state index is 13.6. The Balaban J connectivity index is 1.82. The van der Waals surface area contributed by atoms with Crippen LogP contribution in [0.15, 0.2) is 30.3 Å². The van der Waals surface area contributed by atoms with Crippen molar-refractivity contribution < 1.29 is 46.6 Å². The van der Waals surface area contributed by atoms with Crippen LogP contribution >= 0.6 is 0 Å². The van der Waals surface area contributed by atoms with E-state index in [4.69, 9.17) is 14.2 Å². The third-order valence-electron chi connectivity index (χ3n) is 4.33. The van der Waals surface area contributed by atoms with E-state index in [1.807, 2.05) is 5.32 Å². The van der Waals surface area contributed by atoms with Gasteiger partial charge in [-0.1, -0.05) is 0 Å². The van der Waals surface area contributed by atoms with E-state index >= 15 is 0 Å². The Morgan fingerprint density at radius 1 is 1.00 bits per heavy atom. The fourth-order valence-corrected chi connectivity index (χ4v) is 2.56. The van der Waals surface area contributed by atoms with Gasteiger partial charge in [-0.25, -0.2) is 18.0 Å². The molecule has 0 spiro atoms. The van der Waals surface area contributed by atoms with Crippen molar-refractivity contribution in [3.8, 4) is 11.5 Å². The fourth-order valence-electron chi connectivity index (χ4n) is 2.56. The number of methoxy groups -OCH3 is 1. The van der Waals surface area contributed by atoms with Crippen molar-refractivity contribution in [2.75, 3.05) is 25.6 Å². The predicted molar refractivity (Wildman–Crippen MR) is 112 cm³/mol. The molecule has 2 aromatic carbocycles. The molecule has 0 aliphatic rings. The van der Waals surface area contributed by atoms with Crippen molar-refractivity contribution in [2.45, 2.75) is 20.0 Å². The molecule has 0 aliphatic heterocycles. The van der Waals surface area contributed by atoms with Crippen molar-refractivity contribution in [2.24, 2.45) is 0 Å². The van der Waals surface area contributed by atoms with Crippen LogP contribution in [0.25, 0.3) is 0 Å². The lowest BCUT2D eigenvalue weighted by molar-refractivity contribution is -0.156. The summed E-state index contributed by atoms with van der Waals surface area (Å²) >= 11 is 0. The average molecular weight is 482 g/mol. The Morgan fingerprint density at radius 2 is 1.71 bits per heavy atom. The Hall–Kier alpha value is -4.09. The standard InChI is InChI=1S/C22H21F3N2O7/c1-11(28)13-4-7-16(17(8-13)32-3)33-10-19(30)34-12(2)22(31)26-9-18(29)27-15-6-5-14(23)20(24)21(15)25/h4-8,12H,9-10H2,1-3H3,(H,26,31)(H,27,29). The van der Waals surface area contributed by atoms with Gasteiger partial charge in [-0.15, -0.1) is 0 Å². The molecule has 0 aromatic heterocycles. The Kier molecular flexibility index (Phi) is 8.99. The summed E-state index contributed by atoms with van der Waals surface area (Å²) in [5.41, 5.74) is -0.227. The lowest BCUT2D eigenvalue weighted by Gasteiger charge is -2.15. The van der Waals surface area contributed by atoms with E-state index in [0.29, 0.717) is 11.6 Å². The number of hydrogen-bond acceptors (Lipinski definition) is 7. The maximum absolute atomic E-state index is 13.6. The molecule has 0 aliphatic carbocycles. The molecule has 1 atom stereocenters.